The summed E-state index contributed by atoms with van der Waals surface area (Å²) < 4.78 is 5.62. The van der Waals surface area contributed by atoms with E-state index < -0.39 is 5.97 Å². The van der Waals surface area contributed by atoms with Gasteiger partial charge in [-0.2, -0.15) is 0 Å². The van der Waals surface area contributed by atoms with Gasteiger partial charge in [-0.15, -0.1) is 0 Å². The van der Waals surface area contributed by atoms with E-state index in [0.29, 0.717) is 18.1 Å². The van der Waals surface area contributed by atoms with Crippen molar-refractivity contribution in [3.05, 3.63) is 29.3 Å². The lowest BCUT2D eigenvalue weighted by atomic mass is 10.0. The maximum Gasteiger partial charge on any atom is 0.308 e. The molecule has 1 heterocycles. The van der Waals surface area contributed by atoms with Crippen molar-refractivity contribution in [1.29, 1.82) is 0 Å². The number of benzene rings is 1. The Balaban J connectivity index is 1.79. The fourth-order valence-electron chi connectivity index (χ4n) is 2.49. The van der Waals surface area contributed by atoms with E-state index in [4.69, 9.17) is 21.4 Å². The standard InChI is InChI=1S/C14H18ClNO3/c1-10-13(14(17)18)5-6-16(10)7-8-19-12-4-2-3-11(15)9-12/h2-4,9-10,13H,5-8H2,1H3,(H,17,18). The number of carbonyl (C=O) groups is 1. The maximum absolute atomic E-state index is 11.0. The molecule has 0 saturated carbocycles. The molecule has 0 radical (unpaired) electrons. The van der Waals surface area contributed by atoms with E-state index >= 15 is 0 Å². The van der Waals surface area contributed by atoms with Gasteiger partial charge in [0.05, 0.1) is 5.92 Å². The van der Waals surface area contributed by atoms with Gasteiger partial charge in [0, 0.05) is 17.6 Å². The van der Waals surface area contributed by atoms with E-state index in [1.165, 1.54) is 0 Å². The summed E-state index contributed by atoms with van der Waals surface area (Å²) in [6, 6.07) is 7.35. The van der Waals surface area contributed by atoms with E-state index in [1.807, 2.05) is 19.1 Å². The Morgan fingerprint density at radius 2 is 2.37 bits per heavy atom. The van der Waals surface area contributed by atoms with Crippen molar-refractivity contribution >= 4 is 17.6 Å². The summed E-state index contributed by atoms with van der Waals surface area (Å²) in [4.78, 5) is 13.2. The number of halogens is 1. The second-order valence-electron chi connectivity index (χ2n) is 4.82. The Labute approximate surface area is 117 Å². The topological polar surface area (TPSA) is 49.8 Å². The van der Waals surface area contributed by atoms with Crippen LogP contribution in [0.4, 0.5) is 0 Å². The van der Waals surface area contributed by atoms with Crippen LogP contribution in [0.15, 0.2) is 24.3 Å². The van der Waals surface area contributed by atoms with Gasteiger partial charge in [0.2, 0.25) is 0 Å². The van der Waals surface area contributed by atoms with Crippen LogP contribution in [0.3, 0.4) is 0 Å². The largest absolute Gasteiger partial charge is 0.492 e. The number of hydrogen-bond acceptors (Lipinski definition) is 3. The predicted octanol–water partition coefficient (Wildman–Crippen LogP) is 2.51. The molecule has 2 atom stereocenters. The predicted molar refractivity (Wildman–Crippen MR) is 73.7 cm³/mol. The number of likely N-dealkylation sites (tertiary alicyclic amines) is 1. The molecular weight excluding hydrogens is 266 g/mol. The van der Waals surface area contributed by atoms with Crippen LogP contribution in [0.1, 0.15) is 13.3 Å². The molecule has 0 aromatic heterocycles. The number of hydrogen-bond donors (Lipinski definition) is 1. The Bertz CT molecular complexity index is 452. The average Bonchev–Trinajstić information content (AvgIpc) is 2.71. The minimum atomic E-state index is -0.703. The van der Waals surface area contributed by atoms with E-state index in [2.05, 4.69) is 4.90 Å². The number of carboxylic acid groups (broad SMARTS) is 1. The molecule has 1 aromatic rings. The van der Waals surface area contributed by atoms with Gasteiger partial charge in [0.15, 0.2) is 0 Å². The summed E-state index contributed by atoms with van der Waals surface area (Å²) in [7, 11) is 0. The molecule has 1 aliphatic rings. The lowest BCUT2D eigenvalue weighted by Gasteiger charge is -2.22. The third-order valence-electron chi connectivity index (χ3n) is 3.65. The van der Waals surface area contributed by atoms with Crippen LogP contribution in [0.5, 0.6) is 5.75 Å². The first kappa shape index (κ1) is 14.2. The van der Waals surface area contributed by atoms with Crippen LogP contribution in [0, 0.1) is 5.92 Å². The fourth-order valence-corrected chi connectivity index (χ4v) is 2.67. The molecule has 1 N–H and O–H groups in total. The zero-order valence-corrected chi connectivity index (χ0v) is 11.6. The Morgan fingerprint density at radius 3 is 3.00 bits per heavy atom. The second-order valence-corrected chi connectivity index (χ2v) is 5.25. The third-order valence-corrected chi connectivity index (χ3v) is 3.88. The highest BCUT2D eigenvalue weighted by Crippen LogP contribution is 2.24. The molecule has 5 heteroatoms. The van der Waals surface area contributed by atoms with Crippen molar-refractivity contribution in [2.45, 2.75) is 19.4 Å². The number of aliphatic carboxylic acids is 1. The molecule has 19 heavy (non-hydrogen) atoms. The smallest absolute Gasteiger partial charge is 0.308 e. The molecule has 1 aliphatic heterocycles. The quantitative estimate of drug-likeness (QED) is 0.902. The van der Waals surface area contributed by atoms with Gasteiger partial charge in [-0.05, 0) is 38.1 Å². The normalized spacial score (nSPS) is 23.5. The lowest BCUT2D eigenvalue weighted by Crippen LogP contribution is -2.35. The zero-order valence-electron chi connectivity index (χ0n) is 10.9. The van der Waals surface area contributed by atoms with Gasteiger partial charge in [0.25, 0.3) is 0 Å². The van der Waals surface area contributed by atoms with E-state index in [-0.39, 0.29) is 12.0 Å². The third kappa shape index (κ3) is 3.61. The second kappa shape index (κ2) is 6.26. The molecule has 2 unspecified atom stereocenters. The lowest BCUT2D eigenvalue weighted by molar-refractivity contribution is -0.142. The van der Waals surface area contributed by atoms with Gasteiger partial charge in [-0.25, -0.2) is 0 Å². The molecule has 104 valence electrons. The number of carboxylic acids is 1. The molecule has 0 amide bonds. The van der Waals surface area contributed by atoms with Crippen LogP contribution in [-0.4, -0.2) is 41.7 Å². The molecule has 0 aliphatic carbocycles. The molecule has 1 saturated heterocycles. The van der Waals surface area contributed by atoms with Gasteiger partial charge in [-0.1, -0.05) is 17.7 Å². The molecule has 4 nitrogen and oxygen atoms in total. The minimum Gasteiger partial charge on any atom is -0.492 e. The SMILES string of the molecule is CC1C(C(=O)O)CCN1CCOc1cccc(Cl)c1. The van der Waals surface area contributed by atoms with Crippen LogP contribution in [0.2, 0.25) is 5.02 Å². The molecule has 0 bridgehead atoms. The van der Waals surface area contributed by atoms with Gasteiger partial charge >= 0.3 is 5.97 Å². The minimum absolute atomic E-state index is 0.0699. The summed E-state index contributed by atoms with van der Waals surface area (Å²) in [6.07, 6.45) is 0.716. The fraction of sp³-hybridized carbons (Fsp3) is 0.500. The first-order valence-corrected chi connectivity index (χ1v) is 6.81. The van der Waals surface area contributed by atoms with Crippen molar-refractivity contribution in [3.8, 4) is 5.75 Å². The summed E-state index contributed by atoms with van der Waals surface area (Å²) in [5.41, 5.74) is 0. The van der Waals surface area contributed by atoms with E-state index in [9.17, 15) is 4.79 Å². The Morgan fingerprint density at radius 1 is 1.58 bits per heavy atom. The first-order chi connectivity index (χ1) is 9.08. The van der Waals surface area contributed by atoms with Crippen molar-refractivity contribution in [2.75, 3.05) is 19.7 Å². The highest BCUT2D eigenvalue weighted by molar-refractivity contribution is 6.30. The maximum atomic E-state index is 11.0. The van der Waals surface area contributed by atoms with Crippen molar-refractivity contribution in [2.24, 2.45) is 5.92 Å². The van der Waals surface area contributed by atoms with Crippen LogP contribution in [0.25, 0.3) is 0 Å². The summed E-state index contributed by atoms with van der Waals surface area (Å²) in [5.74, 6) is -0.217. The molecule has 0 spiro atoms. The zero-order chi connectivity index (χ0) is 13.8. The number of rotatable bonds is 5. The highest BCUT2D eigenvalue weighted by Gasteiger charge is 2.35. The van der Waals surface area contributed by atoms with Crippen LogP contribution < -0.4 is 4.74 Å². The average molecular weight is 284 g/mol. The Hall–Kier alpha value is -1.26. The van der Waals surface area contributed by atoms with Gasteiger partial charge < -0.3 is 9.84 Å². The van der Waals surface area contributed by atoms with Crippen molar-refractivity contribution < 1.29 is 14.6 Å². The van der Waals surface area contributed by atoms with Crippen molar-refractivity contribution in [3.63, 3.8) is 0 Å². The molecular formula is C14H18ClNO3. The molecule has 1 fully saturated rings. The number of ether oxygens (including phenoxy) is 1. The highest BCUT2D eigenvalue weighted by atomic mass is 35.5. The monoisotopic (exact) mass is 283 g/mol. The summed E-state index contributed by atoms with van der Waals surface area (Å²) in [6.45, 7) is 4.05. The van der Waals surface area contributed by atoms with Crippen LogP contribution >= 0.6 is 11.6 Å². The van der Waals surface area contributed by atoms with E-state index in [1.54, 1.807) is 12.1 Å². The molecule has 2 rings (SSSR count). The first-order valence-electron chi connectivity index (χ1n) is 6.43. The molecule has 1 aromatic carbocycles. The van der Waals surface area contributed by atoms with Gasteiger partial charge in [0.1, 0.15) is 12.4 Å². The van der Waals surface area contributed by atoms with Crippen molar-refractivity contribution in [1.82, 2.24) is 4.90 Å². The number of nitrogens with zero attached hydrogens (tertiary/aromatic N) is 1. The van der Waals surface area contributed by atoms with Crippen LogP contribution in [-0.2, 0) is 4.79 Å². The summed E-state index contributed by atoms with van der Waals surface area (Å²) in [5, 5.41) is 9.71. The Kier molecular flexibility index (Phi) is 4.66. The van der Waals surface area contributed by atoms with E-state index in [0.717, 1.165) is 18.8 Å². The summed E-state index contributed by atoms with van der Waals surface area (Å²) >= 11 is 5.87. The van der Waals surface area contributed by atoms with Gasteiger partial charge in [-0.3, -0.25) is 9.69 Å².